The fraction of sp³-hybridized carbons (Fsp3) is 0.875. The number of rotatable bonds is 7. The van der Waals surface area contributed by atoms with Crippen molar-refractivity contribution in [1.29, 1.82) is 0 Å². The molecule has 11 heavy (non-hydrogen) atoms. The number of ether oxygens (including phenoxy) is 1. The minimum atomic E-state index is 0.00431. The molecule has 3 nitrogen and oxygen atoms in total. The van der Waals surface area contributed by atoms with Crippen LogP contribution in [0.5, 0.6) is 0 Å². The number of carbonyl (C=O) groups is 1. The monoisotopic (exact) mass is 160 g/mol. The van der Waals surface area contributed by atoms with Crippen LogP contribution in [0.4, 0.5) is 0 Å². The van der Waals surface area contributed by atoms with Crippen LogP contribution in [0.25, 0.3) is 0 Å². The third kappa shape index (κ3) is 5.85. The van der Waals surface area contributed by atoms with Gasteiger partial charge in [0.05, 0.1) is 0 Å². The van der Waals surface area contributed by atoms with Gasteiger partial charge in [-0.3, -0.25) is 4.79 Å². The standard InChI is InChI=1S/C8H16O3/c1-2-4-8(11-7-10)5-3-6-9/h7-9H,2-6H2,1H3. The molecular formula is C8H16O3. The molecule has 0 aromatic carbocycles. The average molecular weight is 160 g/mol. The minimum Gasteiger partial charge on any atom is -0.465 e. The average Bonchev–Trinajstić information content (AvgIpc) is 2.01. The van der Waals surface area contributed by atoms with Crippen molar-refractivity contribution in [3.63, 3.8) is 0 Å². The predicted molar refractivity (Wildman–Crippen MR) is 42.2 cm³/mol. The van der Waals surface area contributed by atoms with Gasteiger partial charge in [0.2, 0.25) is 0 Å². The molecule has 1 atom stereocenters. The van der Waals surface area contributed by atoms with Crippen LogP contribution in [0.3, 0.4) is 0 Å². The zero-order valence-electron chi connectivity index (χ0n) is 6.95. The zero-order valence-corrected chi connectivity index (χ0v) is 6.95. The summed E-state index contributed by atoms with van der Waals surface area (Å²) in [5.74, 6) is 0. The van der Waals surface area contributed by atoms with Gasteiger partial charge in [-0.15, -0.1) is 0 Å². The summed E-state index contributed by atoms with van der Waals surface area (Å²) in [4.78, 5) is 9.97. The van der Waals surface area contributed by atoms with Crippen molar-refractivity contribution in [3.05, 3.63) is 0 Å². The molecule has 1 unspecified atom stereocenters. The first-order valence-electron chi connectivity index (χ1n) is 4.05. The number of aliphatic hydroxyl groups excluding tert-OH is 1. The molecule has 0 spiro atoms. The van der Waals surface area contributed by atoms with Gasteiger partial charge in [-0.1, -0.05) is 13.3 Å². The zero-order chi connectivity index (χ0) is 8.53. The van der Waals surface area contributed by atoms with Gasteiger partial charge >= 0.3 is 0 Å². The van der Waals surface area contributed by atoms with Crippen LogP contribution in [-0.4, -0.2) is 24.3 Å². The van der Waals surface area contributed by atoms with Gasteiger partial charge in [-0.05, 0) is 19.3 Å². The topological polar surface area (TPSA) is 46.5 Å². The second-order valence-electron chi connectivity index (χ2n) is 2.51. The van der Waals surface area contributed by atoms with Gasteiger partial charge < -0.3 is 9.84 Å². The third-order valence-corrected chi connectivity index (χ3v) is 1.54. The third-order valence-electron chi connectivity index (χ3n) is 1.54. The number of carbonyl (C=O) groups excluding carboxylic acids is 1. The molecule has 0 aromatic heterocycles. The van der Waals surface area contributed by atoms with Crippen molar-refractivity contribution in [2.45, 2.75) is 38.7 Å². The summed E-state index contributed by atoms with van der Waals surface area (Å²) in [5, 5.41) is 8.51. The van der Waals surface area contributed by atoms with Gasteiger partial charge in [0.15, 0.2) is 0 Å². The quantitative estimate of drug-likeness (QED) is 0.567. The fourth-order valence-electron chi connectivity index (χ4n) is 1.000. The second-order valence-corrected chi connectivity index (χ2v) is 2.51. The van der Waals surface area contributed by atoms with Crippen LogP contribution in [0.1, 0.15) is 32.6 Å². The molecular weight excluding hydrogens is 144 g/mol. The first kappa shape index (κ1) is 10.4. The summed E-state index contributed by atoms with van der Waals surface area (Å²) >= 11 is 0. The highest BCUT2D eigenvalue weighted by molar-refractivity contribution is 5.37. The summed E-state index contributed by atoms with van der Waals surface area (Å²) in [5.41, 5.74) is 0. The van der Waals surface area contributed by atoms with E-state index in [1.807, 2.05) is 6.92 Å². The molecule has 0 aliphatic heterocycles. The normalized spacial score (nSPS) is 12.5. The van der Waals surface area contributed by atoms with Gasteiger partial charge in [-0.2, -0.15) is 0 Å². The molecule has 0 heterocycles. The molecule has 0 aromatic rings. The Kier molecular flexibility index (Phi) is 7.15. The van der Waals surface area contributed by atoms with E-state index in [1.165, 1.54) is 0 Å². The Morgan fingerprint density at radius 3 is 2.73 bits per heavy atom. The molecule has 3 heteroatoms. The molecule has 0 rings (SSSR count). The van der Waals surface area contributed by atoms with Crippen molar-refractivity contribution >= 4 is 6.47 Å². The summed E-state index contributed by atoms with van der Waals surface area (Å²) in [6.45, 7) is 2.69. The Balaban J connectivity index is 3.41. The van der Waals surface area contributed by atoms with Crippen molar-refractivity contribution < 1.29 is 14.6 Å². The largest absolute Gasteiger partial charge is 0.465 e. The molecule has 0 amide bonds. The molecule has 0 aliphatic carbocycles. The van der Waals surface area contributed by atoms with E-state index in [2.05, 4.69) is 0 Å². The number of hydrogen-bond acceptors (Lipinski definition) is 3. The minimum absolute atomic E-state index is 0.00431. The summed E-state index contributed by atoms with van der Waals surface area (Å²) in [6, 6.07) is 0. The summed E-state index contributed by atoms with van der Waals surface area (Å²) in [7, 11) is 0. The van der Waals surface area contributed by atoms with E-state index >= 15 is 0 Å². The predicted octanol–water partition coefficient (Wildman–Crippen LogP) is 1.10. The van der Waals surface area contributed by atoms with Gasteiger partial charge in [-0.25, -0.2) is 0 Å². The molecule has 0 fully saturated rings. The summed E-state index contributed by atoms with van der Waals surface area (Å²) < 4.78 is 4.79. The van der Waals surface area contributed by atoms with E-state index in [1.54, 1.807) is 0 Å². The van der Waals surface area contributed by atoms with E-state index in [0.717, 1.165) is 19.3 Å². The highest BCUT2D eigenvalue weighted by atomic mass is 16.5. The molecule has 1 N–H and O–H groups in total. The first-order chi connectivity index (χ1) is 5.35. The van der Waals surface area contributed by atoms with Crippen molar-refractivity contribution in [1.82, 2.24) is 0 Å². The summed E-state index contributed by atoms with van der Waals surface area (Å²) in [6.07, 6.45) is 3.37. The van der Waals surface area contributed by atoms with Crippen LogP contribution in [-0.2, 0) is 9.53 Å². The van der Waals surface area contributed by atoms with Crippen molar-refractivity contribution in [2.75, 3.05) is 6.61 Å². The molecule has 0 saturated carbocycles. The van der Waals surface area contributed by atoms with Crippen LogP contribution in [0.2, 0.25) is 0 Å². The van der Waals surface area contributed by atoms with E-state index < -0.39 is 0 Å². The van der Waals surface area contributed by atoms with E-state index in [4.69, 9.17) is 9.84 Å². The van der Waals surface area contributed by atoms with Crippen LogP contribution >= 0.6 is 0 Å². The Labute approximate surface area is 67.4 Å². The fourth-order valence-corrected chi connectivity index (χ4v) is 1.000. The maximum Gasteiger partial charge on any atom is 0.293 e. The number of hydrogen-bond donors (Lipinski definition) is 1. The Bertz CT molecular complexity index is 93.3. The van der Waals surface area contributed by atoms with E-state index in [-0.39, 0.29) is 12.7 Å². The lowest BCUT2D eigenvalue weighted by molar-refractivity contribution is -0.134. The lowest BCUT2D eigenvalue weighted by Gasteiger charge is -2.12. The van der Waals surface area contributed by atoms with Crippen molar-refractivity contribution in [2.24, 2.45) is 0 Å². The molecule has 0 aliphatic rings. The lowest BCUT2D eigenvalue weighted by Crippen LogP contribution is -2.12. The highest BCUT2D eigenvalue weighted by Gasteiger charge is 2.06. The molecule has 0 bridgehead atoms. The molecule has 66 valence electrons. The Hall–Kier alpha value is -0.570. The lowest BCUT2D eigenvalue weighted by atomic mass is 10.1. The van der Waals surface area contributed by atoms with Gasteiger partial charge in [0.1, 0.15) is 6.10 Å². The maximum atomic E-state index is 9.97. The Morgan fingerprint density at radius 2 is 2.27 bits per heavy atom. The van der Waals surface area contributed by atoms with E-state index in [9.17, 15) is 4.79 Å². The number of aliphatic hydroxyl groups is 1. The highest BCUT2D eigenvalue weighted by Crippen LogP contribution is 2.07. The van der Waals surface area contributed by atoms with Gasteiger partial charge in [0.25, 0.3) is 6.47 Å². The maximum absolute atomic E-state index is 9.97. The van der Waals surface area contributed by atoms with Crippen molar-refractivity contribution in [3.8, 4) is 0 Å². The smallest absolute Gasteiger partial charge is 0.293 e. The molecule has 0 saturated heterocycles. The second kappa shape index (κ2) is 7.54. The van der Waals surface area contributed by atoms with Crippen LogP contribution < -0.4 is 0 Å². The SMILES string of the molecule is CCCC(CCCO)OC=O. The first-order valence-corrected chi connectivity index (χ1v) is 4.05. The Morgan fingerprint density at radius 1 is 1.55 bits per heavy atom. The van der Waals surface area contributed by atoms with E-state index in [0.29, 0.717) is 12.9 Å². The molecule has 0 radical (unpaired) electrons. The van der Waals surface area contributed by atoms with Crippen LogP contribution in [0, 0.1) is 0 Å². The van der Waals surface area contributed by atoms with Crippen LogP contribution in [0.15, 0.2) is 0 Å². The van der Waals surface area contributed by atoms with Gasteiger partial charge in [0, 0.05) is 6.61 Å².